The van der Waals surface area contributed by atoms with Crippen LogP contribution in [0.4, 0.5) is 0 Å². The summed E-state index contributed by atoms with van der Waals surface area (Å²) in [5.41, 5.74) is 8.61. The van der Waals surface area contributed by atoms with E-state index in [1.165, 1.54) is 0 Å². The number of hydrogen-bond acceptors (Lipinski definition) is 4. The lowest BCUT2D eigenvalue weighted by molar-refractivity contribution is -0.122. The van der Waals surface area contributed by atoms with Crippen LogP contribution in [0.25, 0.3) is 0 Å². The Kier molecular flexibility index (Phi) is 3.97. The molecule has 1 atom stereocenters. The highest BCUT2D eigenvalue weighted by atomic mass is 16.5. The standard InChI is InChI=1S/C14H17N3O2/c1-9-3-5-11(6-4-9)13(15)14(18)16-8-12-7-10(2)17-19-12/h3-7,13H,8,15H2,1-2H3,(H,16,18). The molecule has 2 aromatic rings. The third kappa shape index (κ3) is 3.42. The van der Waals surface area contributed by atoms with Gasteiger partial charge in [-0.2, -0.15) is 0 Å². The van der Waals surface area contributed by atoms with E-state index >= 15 is 0 Å². The molecular formula is C14H17N3O2. The summed E-state index contributed by atoms with van der Waals surface area (Å²) in [7, 11) is 0. The number of nitrogens with one attached hydrogen (secondary N) is 1. The van der Waals surface area contributed by atoms with Crippen molar-refractivity contribution in [3.8, 4) is 0 Å². The number of aromatic nitrogens is 1. The molecule has 3 N–H and O–H groups in total. The van der Waals surface area contributed by atoms with Crippen molar-refractivity contribution in [2.24, 2.45) is 5.73 Å². The topological polar surface area (TPSA) is 81.2 Å². The highest BCUT2D eigenvalue weighted by Crippen LogP contribution is 2.12. The van der Waals surface area contributed by atoms with Crippen molar-refractivity contribution in [2.45, 2.75) is 26.4 Å². The van der Waals surface area contributed by atoms with Crippen LogP contribution in [0, 0.1) is 13.8 Å². The zero-order valence-corrected chi connectivity index (χ0v) is 11.0. The fraction of sp³-hybridized carbons (Fsp3) is 0.286. The normalized spacial score (nSPS) is 12.2. The number of nitrogens with zero attached hydrogens (tertiary/aromatic N) is 1. The summed E-state index contributed by atoms with van der Waals surface area (Å²) in [5.74, 6) is 0.375. The Labute approximate surface area is 111 Å². The zero-order valence-electron chi connectivity index (χ0n) is 11.0. The number of amides is 1. The zero-order chi connectivity index (χ0) is 13.8. The van der Waals surface area contributed by atoms with Crippen LogP contribution < -0.4 is 11.1 Å². The summed E-state index contributed by atoms with van der Waals surface area (Å²) in [6, 6.07) is 8.68. The van der Waals surface area contributed by atoms with Crippen LogP contribution in [-0.4, -0.2) is 11.1 Å². The molecule has 1 unspecified atom stereocenters. The fourth-order valence-electron chi connectivity index (χ4n) is 1.71. The molecule has 0 bridgehead atoms. The molecule has 0 saturated carbocycles. The number of carbonyl (C=O) groups excluding carboxylic acids is 1. The Morgan fingerprint density at radius 1 is 1.37 bits per heavy atom. The van der Waals surface area contributed by atoms with Crippen LogP contribution in [0.3, 0.4) is 0 Å². The van der Waals surface area contributed by atoms with E-state index in [0.29, 0.717) is 12.3 Å². The molecular weight excluding hydrogens is 242 g/mol. The van der Waals surface area contributed by atoms with Gasteiger partial charge in [0.15, 0.2) is 5.76 Å². The first-order valence-electron chi connectivity index (χ1n) is 6.08. The minimum absolute atomic E-state index is 0.238. The molecule has 100 valence electrons. The molecule has 0 aliphatic carbocycles. The fourth-order valence-corrected chi connectivity index (χ4v) is 1.71. The van der Waals surface area contributed by atoms with Crippen LogP contribution in [0.15, 0.2) is 34.9 Å². The molecule has 0 saturated heterocycles. The van der Waals surface area contributed by atoms with Crippen LogP contribution in [0.5, 0.6) is 0 Å². The highest BCUT2D eigenvalue weighted by molar-refractivity contribution is 5.82. The molecule has 1 amide bonds. The molecule has 5 nitrogen and oxygen atoms in total. The summed E-state index contributed by atoms with van der Waals surface area (Å²) in [5, 5.41) is 6.48. The van der Waals surface area contributed by atoms with Gasteiger partial charge in [-0.05, 0) is 19.4 Å². The number of benzene rings is 1. The van der Waals surface area contributed by atoms with E-state index in [1.54, 1.807) is 6.07 Å². The predicted octanol–water partition coefficient (Wildman–Crippen LogP) is 1.61. The van der Waals surface area contributed by atoms with Gasteiger partial charge in [0.05, 0.1) is 12.2 Å². The van der Waals surface area contributed by atoms with E-state index in [1.807, 2.05) is 38.1 Å². The van der Waals surface area contributed by atoms with Crippen LogP contribution in [0.2, 0.25) is 0 Å². The molecule has 0 aliphatic rings. The lowest BCUT2D eigenvalue weighted by Crippen LogP contribution is -2.33. The van der Waals surface area contributed by atoms with E-state index in [-0.39, 0.29) is 5.91 Å². The summed E-state index contributed by atoms with van der Waals surface area (Å²) in [6.45, 7) is 4.10. The molecule has 0 radical (unpaired) electrons. The summed E-state index contributed by atoms with van der Waals surface area (Å²) in [6.07, 6.45) is 0. The second-order valence-corrected chi connectivity index (χ2v) is 4.54. The predicted molar refractivity (Wildman–Crippen MR) is 71.2 cm³/mol. The Morgan fingerprint density at radius 3 is 2.63 bits per heavy atom. The Balaban J connectivity index is 1.94. The van der Waals surface area contributed by atoms with Gasteiger partial charge in [-0.3, -0.25) is 4.79 Å². The molecule has 1 aromatic heterocycles. The molecule has 2 rings (SSSR count). The van der Waals surface area contributed by atoms with Crippen molar-refractivity contribution in [3.63, 3.8) is 0 Å². The van der Waals surface area contributed by atoms with E-state index < -0.39 is 6.04 Å². The van der Waals surface area contributed by atoms with Crippen molar-refractivity contribution < 1.29 is 9.32 Å². The first-order valence-corrected chi connectivity index (χ1v) is 6.08. The van der Waals surface area contributed by atoms with E-state index in [2.05, 4.69) is 10.5 Å². The van der Waals surface area contributed by atoms with Crippen molar-refractivity contribution in [1.82, 2.24) is 10.5 Å². The first-order chi connectivity index (χ1) is 9.06. The lowest BCUT2D eigenvalue weighted by atomic mass is 10.1. The molecule has 1 aromatic carbocycles. The number of aryl methyl sites for hydroxylation is 2. The Bertz CT molecular complexity index is 560. The Morgan fingerprint density at radius 2 is 2.05 bits per heavy atom. The minimum atomic E-state index is -0.676. The Hall–Kier alpha value is -2.14. The molecule has 19 heavy (non-hydrogen) atoms. The van der Waals surface area contributed by atoms with Crippen LogP contribution >= 0.6 is 0 Å². The molecule has 0 spiro atoms. The van der Waals surface area contributed by atoms with Crippen molar-refractivity contribution in [3.05, 3.63) is 52.9 Å². The van der Waals surface area contributed by atoms with Gasteiger partial charge in [-0.15, -0.1) is 0 Å². The average Bonchev–Trinajstić information content (AvgIpc) is 2.82. The van der Waals surface area contributed by atoms with Gasteiger partial charge < -0.3 is 15.6 Å². The first kappa shape index (κ1) is 13.3. The number of carbonyl (C=O) groups is 1. The smallest absolute Gasteiger partial charge is 0.241 e. The van der Waals surface area contributed by atoms with Crippen molar-refractivity contribution in [1.29, 1.82) is 0 Å². The van der Waals surface area contributed by atoms with Crippen molar-refractivity contribution in [2.75, 3.05) is 0 Å². The van der Waals surface area contributed by atoms with Gasteiger partial charge in [-0.1, -0.05) is 35.0 Å². The summed E-state index contributed by atoms with van der Waals surface area (Å²) in [4.78, 5) is 11.9. The van der Waals surface area contributed by atoms with Gasteiger partial charge in [0.1, 0.15) is 6.04 Å². The van der Waals surface area contributed by atoms with Gasteiger partial charge >= 0.3 is 0 Å². The monoisotopic (exact) mass is 259 g/mol. The third-order valence-electron chi connectivity index (χ3n) is 2.83. The van der Waals surface area contributed by atoms with Gasteiger partial charge in [0.2, 0.25) is 5.91 Å². The van der Waals surface area contributed by atoms with E-state index in [0.717, 1.165) is 16.8 Å². The second kappa shape index (κ2) is 5.67. The van der Waals surface area contributed by atoms with Crippen molar-refractivity contribution >= 4 is 5.91 Å². The average molecular weight is 259 g/mol. The van der Waals surface area contributed by atoms with E-state index in [9.17, 15) is 4.79 Å². The minimum Gasteiger partial charge on any atom is -0.359 e. The maximum atomic E-state index is 11.9. The molecule has 0 aliphatic heterocycles. The number of nitrogens with two attached hydrogens (primary N) is 1. The lowest BCUT2D eigenvalue weighted by Gasteiger charge is -2.11. The van der Waals surface area contributed by atoms with Crippen LogP contribution in [-0.2, 0) is 11.3 Å². The van der Waals surface area contributed by atoms with Gasteiger partial charge in [0, 0.05) is 6.07 Å². The number of hydrogen-bond donors (Lipinski definition) is 2. The molecule has 0 fully saturated rings. The van der Waals surface area contributed by atoms with E-state index in [4.69, 9.17) is 10.3 Å². The SMILES string of the molecule is Cc1ccc(C(N)C(=O)NCc2cc(C)no2)cc1. The largest absolute Gasteiger partial charge is 0.359 e. The maximum Gasteiger partial charge on any atom is 0.241 e. The quantitative estimate of drug-likeness (QED) is 0.874. The highest BCUT2D eigenvalue weighted by Gasteiger charge is 2.15. The third-order valence-corrected chi connectivity index (χ3v) is 2.83. The molecule has 1 heterocycles. The van der Waals surface area contributed by atoms with Gasteiger partial charge in [-0.25, -0.2) is 0 Å². The summed E-state index contributed by atoms with van der Waals surface area (Å²) < 4.78 is 5.01. The second-order valence-electron chi connectivity index (χ2n) is 4.54. The molecule has 5 heteroatoms. The van der Waals surface area contributed by atoms with Gasteiger partial charge in [0.25, 0.3) is 0 Å². The number of rotatable bonds is 4. The maximum absolute atomic E-state index is 11.9. The van der Waals surface area contributed by atoms with Crippen LogP contribution in [0.1, 0.15) is 28.6 Å². The summed E-state index contributed by atoms with van der Waals surface area (Å²) >= 11 is 0.